The van der Waals surface area contributed by atoms with Crippen molar-refractivity contribution in [1.82, 2.24) is 14.8 Å². The lowest BCUT2D eigenvalue weighted by molar-refractivity contribution is -0.137. The standard InChI is InChI=1S/C24H35Cl2N3O4/c1-5-28(6-2)10-9-16(13-20(30)31)21-22-18(26)14-17(25)15-19(22)27-23(21)24(32)33-12-11-29(7-3)8-4/h14-16,27H,5-13H2,1-4H3,(H,30,31). The molecule has 0 spiro atoms. The van der Waals surface area contributed by atoms with E-state index in [1.165, 1.54) is 0 Å². The van der Waals surface area contributed by atoms with Gasteiger partial charge in [-0.2, -0.15) is 0 Å². The third-order valence-corrected chi connectivity index (χ3v) is 6.63. The third-order valence-electron chi connectivity index (χ3n) is 6.11. The van der Waals surface area contributed by atoms with Gasteiger partial charge >= 0.3 is 11.9 Å². The number of H-pyrrole nitrogens is 1. The molecule has 1 aromatic heterocycles. The number of hydrogen-bond acceptors (Lipinski definition) is 5. The van der Waals surface area contributed by atoms with Crippen LogP contribution in [-0.4, -0.2) is 77.7 Å². The average Bonchev–Trinajstić information content (AvgIpc) is 3.16. The van der Waals surface area contributed by atoms with Crippen molar-refractivity contribution in [3.63, 3.8) is 0 Å². The summed E-state index contributed by atoms with van der Waals surface area (Å²) in [5, 5.41) is 11.1. The maximum absolute atomic E-state index is 13.1. The van der Waals surface area contributed by atoms with Gasteiger partial charge < -0.3 is 24.6 Å². The molecule has 33 heavy (non-hydrogen) atoms. The van der Waals surface area contributed by atoms with Gasteiger partial charge in [0.2, 0.25) is 0 Å². The molecule has 0 bridgehead atoms. The van der Waals surface area contributed by atoms with Crippen molar-refractivity contribution < 1.29 is 19.4 Å². The summed E-state index contributed by atoms with van der Waals surface area (Å²) < 4.78 is 5.58. The number of carbonyl (C=O) groups excluding carboxylic acids is 1. The number of likely N-dealkylation sites (N-methyl/N-ethyl adjacent to an activating group) is 1. The Morgan fingerprint density at radius 3 is 2.21 bits per heavy atom. The molecule has 0 saturated carbocycles. The fraction of sp³-hybridized carbons (Fsp3) is 0.583. The van der Waals surface area contributed by atoms with Crippen molar-refractivity contribution >= 4 is 46.0 Å². The number of nitrogens with zero attached hydrogens (tertiary/aromatic N) is 2. The molecule has 0 aliphatic heterocycles. The minimum atomic E-state index is -0.931. The minimum Gasteiger partial charge on any atom is -0.481 e. The predicted octanol–water partition coefficient (Wildman–Crippen LogP) is 5.26. The molecule has 0 saturated heterocycles. The van der Waals surface area contributed by atoms with Crippen LogP contribution in [0.25, 0.3) is 10.9 Å². The van der Waals surface area contributed by atoms with Crippen molar-refractivity contribution in [2.45, 2.75) is 46.5 Å². The van der Waals surface area contributed by atoms with E-state index in [1.54, 1.807) is 12.1 Å². The Bertz CT molecular complexity index is 939. The number of fused-ring (bicyclic) bond motifs is 1. The number of carboxylic acids is 1. The Hall–Kier alpha value is -1.80. The molecule has 2 rings (SSSR count). The molecule has 1 heterocycles. The number of benzene rings is 1. The molecule has 1 unspecified atom stereocenters. The molecule has 0 radical (unpaired) electrons. The molecule has 184 valence electrons. The number of aromatic amines is 1. The van der Waals surface area contributed by atoms with Crippen LogP contribution in [0.4, 0.5) is 0 Å². The number of hydrogen-bond donors (Lipinski definition) is 2. The molecule has 9 heteroatoms. The van der Waals surface area contributed by atoms with Crippen LogP contribution in [0, 0.1) is 0 Å². The molecule has 0 aliphatic carbocycles. The number of nitrogens with one attached hydrogen (secondary N) is 1. The quantitative estimate of drug-likeness (QED) is 0.344. The molecule has 1 aromatic carbocycles. The van der Waals surface area contributed by atoms with Crippen LogP contribution in [0.15, 0.2) is 12.1 Å². The molecule has 0 fully saturated rings. The van der Waals surface area contributed by atoms with Gasteiger partial charge in [0.25, 0.3) is 0 Å². The van der Waals surface area contributed by atoms with Crippen LogP contribution in [0.3, 0.4) is 0 Å². The summed E-state index contributed by atoms with van der Waals surface area (Å²) in [6.45, 7) is 13.3. The summed E-state index contributed by atoms with van der Waals surface area (Å²) >= 11 is 12.7. The van der Waals surface area contributed by atoms with E-state index in [2.05, 4.69) is 42.5 Å². The summed E-state index contributed by atoms with van der Waals surface area (Å²) in [5.74, 6) is -1.86. The zero-order chi connectivity index (χ0) is 24.5. The van der Waals surface area contributed by atoms with Crippen LogP contribution in [0.1, 0.15) is 62.5 Å². The molecule has 2 N–H and O–H groups in total. The first-order valence-electron chi connectivity index (χ1n) is 11.6. The first kappa shape index (κ1) is 27.4. The summed E-state index contributed by atoms with van der Waals surface area (Å²) in [5.41, 5.74) is 1.44. The normalized spacial score (nSPS) is 12.6. The van der Waals surface area contributed by atoms with Crippen LogP contribution in [-0.2, 0) is 9.53 Å². The smallest absolute Gasteiger partial charge is 0.355 e. The number of carboxylic acid groups (broad SMARTS) is 1. The van der Waals surface area contributed by atoms with E-state index >= 15 is 0 Å². The van der Waals surface area contributed by atoms with E-state index < -0.39 is 17.9 Å². The molecule has 7 nitrogen and oxygen atoms in total. The van der Waals surface area contributed by atoms with Gasteiger partial charge in [-0.3, -0.25) is 4.79 Å². The zero-order valence-corrected chi connectivity index (χ0v) is 21.4. The monoisotopic (exact) mass is 499 g/mol. The van der Waals surface area contributed by atoms with Gasteiger partial charge in [0.05, 0.1) is 11.4 Å². The summed E-state index contributed by atoms with van der Waals surface area (Å²) in [6, 6.07) is 3.31. The molecule has 1 atom stereocenters. The first-order chi connectivity index (χ1) is 15.7. The largest absolute Gasteiger partial charge is 0.481 e. The number of aliphatic carboxylic acids is 1. The van der Waals surface area contributed by atoms with E-state index in [1.807, 2.05) is 0 Å². The summed E-state index contributed by atoms with van der Waals surface area (Å²) in [7, 11) is 0. The van der Waals surface area contributed by atoms with Crippen LogP contribution in [0.2, 0.25) is 10.0 Å². The van der Waals surface area contributed by atoms with E-state index in [9.17, 15) is 14.7 Å². The Labute approximate surface area is 206 Å². The topological polar surface area (TPSA) is 85.9 Å². The van der Waals surface area contributed by atoms with E-state index in [4.69, 9.17) is 27.9 Å². The highest BCUT2D eigenvalue weighted by Crippen LogP contribution is 2.39. The SMILES string of the molecule is CCN(CC)CCOC(=O)c1[nH]c2cc(Cl)cc(Cl)c2c1C(CCN(CC)CC)CC(=O)O. The zero-order valence-electron chi connectivity index (χ0n) is 19.9. The molecular weight excluding hydrogens is 465 g/mol. The number of rotatable bonds is 14. The number of halogens is 2. The Morgan fingerprint density at radius 1 is 1.03 bits per heavy atom. The summed E-state index contributed by atoms with van der Waals surface area (Å²) in [4.78, 5) is 32.4. The average molecular weight is 500 g/mol. The second-order valence-electron chi connectivity index (χ2n) is 8.00. The van der Waals surface area contributed by atoms with E-state index in [-0.39, 0.29) is 18.7 Å². The fourth-order valence-corrected chi connectivity index (χ4v) is 4.75. The highest BCUT2D eigenvalue weighted by Gasteiger charge is 2.29. The summed E-state index contributed by atoms with van der Waals surface area (Å²) in [6.07, 6.45) is 0.451. The van der Waals surface area contributed by atoms with Crippen molar-refractivity contribution in [2.75, 3.05) is 45.9 Å². The number of aromatic nitrogens is 1. The van der Waals surface area contributed by atoms with Crippen LogP contribution >= 0.6 is 23.2 Å². The highest BCUT2D eigenvalue weighted by molar-refractivity contribution is 6.39. The van der Waals surface area contributed by atoms with Gasteiger partial charge in [0, 0.05) is 22.5 Å². The minimum absolute atomic E-state index is 0.118. The maximum Gasteiger partial charge on any atom is 0.355 e. The van der Waals surface area contributed by atoms with Gasteiger partial charge in [-0.05, 0) is 62.8 Å². The number of esters is 1. The van der Waals surface area contributed by atoms with Gasteiger partial charge in [-0.1, -0.05) is 50.9 Å². The third kappa shape index (κ3) is 7.34. The van der Waals surface area contributed by atoms with Crippen LogP contribution in [0.5, 0.6) is 0 Å². The fourth-order valence-electron chi connectivity index (χ4n) is 4.16. The second kappa shape index (κ2) is 13.2. The molecule has 0 aliphatic rings. The molecule has 0 amide bonds. The van der Waals surface area contributed by atoms with Gasteiger partial charge in [0.15, 0.2) is 0 Å². The van der Waals surface area contributed by atoms with Gasteiger partial charge in [-0.15, -0.1) is 0 Å². The molecular formula is C24H35Cl2N3O4. The number of carbonyl (C=O) groups is 2. The Kier molecular flexibility index (Phi) is 11.0. The van der Waals surface area contributed by atoms with E-state index in [0.717, 1.165) is 26.2 Å². The Morgan fingerprint density at radius 2 is 1.64 bits per heavy atom. The first-order valence-corrected chi connectivity index (χ1v) is 12.3. The predicted molar refractivity (Wildman–Crippen MR) is 134 cm³/mol. The van der Waals surface area contributed by atoms with Crippen LogP contribution < -0.4 is 0 Å². The lowest BCUT2D eigenvalue weighted by Crippen LogP contribution is -2.28. The Balaban J connectivity index is 2.47. The van der Waals surface area contributed by atoms with E-state index in [0.29, 0.717) is 46.0 Å². The maximum atomic E-state index is 13.1. The lowest BCUT2D eigenvalue weighted by Gasteiger charge is -2.23. The van der Waals surface area contributed by atoms with Crippen molar-refractivity contribution in [2.24, 2.45) is 0 Å². The highest BCUT2D eigenvalue weighted by atomic mass is 35.5. The van der Waals surface area contributed by atoms with Crippen molar-refractivity contribution in [3.8, 4) is 0 Å². The van der Waals surface area contributed by atoms with Gasteiger partial charge in [0.1, 0.15) is 12.3 Å². The number of ether oxygens (including phenoxy) is 1. The van der Waals surface area contributed by atoms with Crippen molar-refractivity contribution in [3.05, 3.63) is 33.4 Å². The lowest BCUT2D eigenvalue weighted by atomic mass is 9.89. The van der Waals surface area contributed by atoms with Crippen molar-refractivity contribution in [1.29, 1.82) is 0 Å². The van der Waals surface area contributed by atoms with Gasteiger partial charge in [-0.25, -0.2) is 4.79 Å². The second-order valence-corrected chi connectivity index (χ2v) is 8.84. The molecule has 2 aromatic rings.